The molecule has 120 valence electrons. The van der Waals surface area contributed by atoms with E-state index in [1.807, 2.05) is 0 Å². The van der Waals surface area contributed by atoms with Crippen molar-refractivity contribution >= 4 is 23.8 Å². The number of carbonyl (C=O) groups excluding carboxylic acids is 2. The highest BCUT2D eigenvalue weighted by molar-refractivity contribution is 7.99. The minimum absolute atomic E-state index is 0.0352. The Kier molecular flexibility index (Phi) is 6.45. The van der Waals surface area contributed by atoms with E-state index in [0.717, 1.165) is 12.8 Å². The van der Waals surface area contributed by atoms with Crippen LogP contribution in [0.4, 0.5) is 4.79 Å². The third-order valence-corrected chi connectivity index (χ3v) is 4.14. The molecule has 7 nitrogen and oxygen atoms in total. The molecule has 2 amide bonds. The lowest BCUT2D eigenvalue weighted by molar-refractivity contribution is -0.119. The van der Waals surface area contributed by atoms with Crippen molar-refractivity contribution in [2.45, 2.75) is 31.0 Å². The predicted octanol–water partition coefficient (Wildman–Crippen LogP) is 1.31. The van der Waals surface area contributed by atoms with Gasteiger partial charge in [0, 0.05) is 31.5 Å². The van der Waals surface area contributed by atoms with Crippen LogP contribution >= 0.6 is 11.8 Å². The number of hydrogen-bond donors (Lipinski definition) is 1. The Labute approximate surface area is 133 Å². The van der Waals surface area contributed by atoms with E-state index in [4.69, 9.17) is 4.74 Å². The van der Waals surface area contributed by atoms with Crippen molar-refractivity contribution in [2.75, 3.05) is 25.4 Å². The zero-order chi connectivity index (χ0) is 15.8. The molecule has 0 radical (unpaired) electrons. The van der Waals surface area contributed by atoms with Gasteiger partial charge in [0.25, 0.3) is 0 Å². The van der Waals surface area contributed by atoms with Crippen LogP contribution in [0.25, 0.3) is 0 Å². The molecule has 8 heteroatoms. The van der Waals surface area contributed by atoms with E-state index in [9.17, 15) is 9.59 Å². The van der Waals surface area contributed by atoms with Crippen molar-refractivity contribution < 1.29 is 14.3 Å². The van der Waals surface area contributed by atoms with Crippen LogP contribution in [-0.4, -0.2) is 58.4 Å². The normalized spacial score (nSPS) is 15.4. The van der Waals surface area contributed by atoms with Gasteiger partial charge in [0.15, 0.2) is 5.16 Å². The molecule has 22 heavy (non-hydrogen) atoms. The minimum atomic E-state index is -0.274. The molecular formula is C14H20N4O3S. The number of hydrogen-bond acceptors (Lipinski definition) is 6. The van der Waals surface area contributed by atoms with Gasteiger partial charge in [0.2, 0.25) is 5.91 Å². The highest BCUT2D eigenvalue weighted by atomic mass is 32.2. The van der Waals surface area contributed by atoms with Crippen molar-refractivity contribution in [1.82, 2.24) is 20.2 Å². The largest absolute Gasteiger partial charge is 0.450 e. The second kappa shape index (κ2) is 8.57. The SMILES string of the molecule is CCOC(=O)N1CCC(NC(=O)CSc2ncccn2)CC1. The van der Waals surface area contributed by atoms with Gasteiger partial charge in [-0.25, -0.2) is 14.8 Å². The molecule has 0 unspecified atom stereocenters. The Balaban J connectivity index is 1.67. The molecule has 2 rings (SSSR count). The highest BCUT2D eigenvalue weighted by Crippen LogP contribution is 2.13. The zero-order valence-corrected chi connectivity index (χ0v) is 13.3. The second-order valence-electron chi connectivity index (χ2n) is 4.85. The third kappa shape index (κ3) is 5.18. The lowest BCUT2D eigenvalue weighted by Gasteiger charge is -2.31. The first kappa shape index (κ1) is 16.5. The number of likely N-dealkylation sites (tertiary alicyclic amines) is 1. The summed E-state index contributed by atoms with van der Waals surface area (Å²) in [5.41, 5.74) is 0. The molecule has 1 aliphatic rings. The maximum absolute atomic E-state index is 11.9. The van der Waals surface area contributed by atoms with E-state index in [1.165, 1.54) is 11.8 Å². The standard InChI is InChI=1S/C14H20N4O3S/c1-2-21-14(20)18-8-4-11(5-9-18)17-12(19)10-22-13-15-6-3-7-16-13/h3,6-7,11H,2,4-5,8-10H2,1H3,(H,17,19). The van der Waals surface area contributed by atoms with Crippen LogP contribution in [0.15, 0.2) is 23.6 Å². The van der Waals surface area contributed by atoms with Crippen LogP contribution in [0.1, 0.15) is 19.8 Å². The molecular weight excluding hydrogens is 304 g/mol. The summed E-state index contributed by atoms with van der Waals surface area (Å²) in [6.07, 6.45) is 4.52. The topological polar surface area (TPSA) is 84.4 Å². The van der Waals surface area contributed by atoms with Gasteiger partial charge in [-0.2, -0.15) is 0 Å². The van der Waals surface area contributed by atoms with Gasteiger partial charge in [-0.05, 0) is 25.8 Å². The third-order valence-electron chi connectivity index (χ3n) is 3.26. The summed E-state index contributed by atoms with van der Waals surface area (Å²) in [6.45, 7) is 3.39. The van der Waals surface area contributed by atoms with Crippen LogP contribution in [-0.2, 0) is 9.53 Å². The van der Waals surface area contributed by atoms with E-state index in [1.54, 1.807) is 30.3 Å². The fourth-order valence-corrected chi connectivity index (χ4v) is 2.79. The van der Waals surface area contributed by atoms with Gasteiger partial charge in [-0.1, -0.05) is 11.8 Å². The van der Waals surface area contributed by atoms with E-state index >= 15 is 0 Å². The highest BCUT2D eigenvalue weighted by Gasteiger charge is 2.24. The monoisotopic (exact) mass is 324 g/mol. The number of nitrogens with one attached hydrogen (secondary N) is 1. The number of amides is 2. The average Bonchev–Trinajstić information content (AvgIpc) is 2.55. The number of rotatable bonds is 5. The number of carbonyl (C=O) groups is 2. The predicted molar refractivity (Wildman–Crippen MR) is 82.5 cm³/mol. The molecule has 0 atom stereocenters. The second-order valence-corrected chi connectivity index (χ2v) is 5.79. The summed E-state index contributed by atoms with van der Waals surface area (Å²) in [6, 6.07) is 1.84. The smallest absolute Gasteiger partial charge is 0.409 e. The molecule has 0 bridgehead atoms. The van der Waals surface area contributed by atoms with Gasteiger partial charge in [-0.15, -0.1) is 0 Å². The zero-order valence-electron chi connectivity index (χ0n) is 12.5. The molecule has 0 aromatic carbocycles. The van der Waals surface area contributed by atoms with Gasteiger partial charge < -0.3 is 15.0 Å². The summed E-state index contributed by atoms with van der Waals surface area (Å²) in [5.74, 6) is 0.259. The summed E-state index contributed by atoms with van der Waals surface area (Å²) in [5, 5.41) is 3.58. The number of ether oxygens (including phenoxy) is 1. The Morgan fingerprint density at radius 1 is 1.36 bits per heavy atom. The number of piperidine rings is 1. The summed E-state index contributed by atoms with van der Waals surface area (Å²) < 4.78 is 4.97. The summed E-state index contributed by atoms with van der Waals surface area (Å²) in [4.78, 5) is 33.3. The quantitative estimate of drug-likeness (QED) is 0.649. The van der Waals surface area contributed by atoms with Crippen molar-refractivity contribution in [3.8, 4) is 0 Å². The van der Waals surface area contributed by atoms with E-state index in [2.05, 4.69) is 15.3 Å². The van der Waals surface area contributed by atoms with Gasteiger partial charge in [0.05, 0.1) is 12.4 Å². The molecule has 1 aliphatic heterocycles. The average molecular weight is 324 g/mol. The molecule has 0 spiro atoms. The Morgan fingerprint density at radius 2 is 2.05 bits per heavy atom. The van der Waals surface area contributed by atoms with E-state index < -0.39 is 0 Å². The van der Waals surface area contributed by atoms with E-state index in [0.29, 0.717) is 30.6 Å². The van der Waals surface area contributed by atoms with Crippen molar-refractivity contribution in [3.05, 3.63) is 18.5 Å². The molecule has 1 aromatic heterocycles. The number of nitrogens with zero attached hydrogens (tertiary/aromatic N) is 3. The minimum Gasteiger partial charge on any atom is -0.450 e. The van der Waals surface area contributed by atoms with Crippen LogP contribution in [0.5, 0.6) is 0 Å². The lowest BCUT2D eigenvalue weighted by atomic mass is 10.1. The summed E-state index contributed by atoms with van der Waals surface area (Å²) in [7, 11) is 0. The molecule has 1 N–H and O–H groups in total. The first-order chi connectivity index (χ1) is 10.7. The first-order valence-corrected chi connectivity index (χ1v) is 8.28. The molecule has 0 aliphatic carbocycles. The lowest BCUT2D eigenvalue weighted by Crippen LogP contribution is -2.47. The molecule has 0 saturated carbocycles. The van der Waals surface area contributed by atoms with E-state index in [-0.39, 0.29) is 18.0 Å². The first-order valence-electron chi connectivity index (χ1n) is 7.30. The van der Waals surface area contributed by atoms with Gasteiger partial charge in [-0.3, -0.25) is 4.79 Å². The molecule has 1 saturated heterocycles. The fraction of sp³-hybridized carbons (Fsp3) is 0.571. The van der Waals surface area contributed by atoms with Crippen LogP contribution in [0, 0.1) is 0 Å². The Morgan fingerprint density at radius 3 is 2.68 bits per heavy atom. The van der Waals surface area contributed by atoms with Crippen molar-refractivity contribution in [2.24, 2.45) is 0 Å². The summed E-state index contributed by atoms with van der Waals surface area (Å²) >= 11 is 1.31. The Hall–Kier alpha value is -1.83. The van der Waals surface area contributed by atoms with Crippen molar-refractivity contribution in [3.63, 3.8) is 0 Å². The fourth-order valence-electron chi connectivity index (χ4n) is 2.18. The van der Waals surface area contributed by atoms with Crippen molar-refractivity contribution in [1.29, 1.82) is 0 Å². The number of thioether (sulfide) groups is 1. The van der Waals surface area contributed by atoms with Gasteiger partial charge in [0.1, 0.15) is 0 Å². The van der Waals surface area contributed by atoms with Crippen LogP contribution < -0.4 is 5.32 Å². The number of aromatic nitrogens is 2. The Bertz CT molecular complexity index is 492. The maximum Gasteiger partial charge on any atom is 0.409 e. The van der Waals surface area contributed by atoms with Crippen LogP contribution in [0.2, 0.25) is 0 Å². The van der Waals surface area contributed by atoms with Crippen LogP contribution in [0.3, 0.4) is 0 Å². The molecule has 1 aromatic rings. The molecule has 1 fully saturated rings. The maximum atomic E-state index is 11.9. The molecule has 2 heterocycles. The van der Waals surface area contributed by atoms with Gasteiger partial charge >= 0.3 is 6.09 Å².